The van der Waals surface area contributed by atoms with Crippen LogP contribution in [-0.4, -0.2) is 29.9 Å². The van der Waals surface area contributed by atoms with Gasteiger partial charge in [0.1, 0.15) is 0 Å². The van der Waals surface area contributed by atoms with Crippen LogP contribution in [0.1, 0.15) is 13.8 Å². The van der Waals surface area contributed by atoms with Crippen LogP contribution in [0.5, 0.6) is 0 Å². The molecule has 0 aromatic heterocycles. The first-order chi connectivity index (χ1) is 9.08. The highest BCUT2D eigenvalue weighted by atomic mass is 32.2. The Balaban J connectivity index is 2.15. The van der Waals surface area contributed by atoms with E-state index < -0.39 is 0 Å². The Morgan fingerprint density at radius 3 is 2.37 bits per heavy atom. The van der Waals surface area contributed by atoms with Crippen molar-refractivity contribution in [2.45, 2.75) is 13.8 Å². The highest BCUT2D eigenvalue weighted by Crippen LogP contribution is 2.07. The van der Waals surface area contributed by atoms with E-state index in [1.807, 2.05) is 44.2 Å². The SMILES string of the molecule is CC(C)CNC(=O)CSCC(=O)Nc1ccccc1. The number of para-hydroxylation sites is 1. The maximum absolute atomic E-state index is 11.6. The first-order valence-electron chi connectivity index (χ1n) is 6.27. The van der Waals surface area contributed by atoms with E-state index >= 15 is 0 Å². The molecule has 2 amide bonds. The van der Waals surface area contributed by atoms with Gasteiger partial charge in [-0.2, -0.15) is 0 Å². The summed E-state index contributed by atoms with van der Waals surface area (Å²) in [6.07, 6.45) is 0. The largest absolute Gasteiger partial charge is 0.355 e. The summed E-state index contributed by atoms with van der Waals surface area (Å²) in [6, 6.07) is 9.28. The number of rotatable bonds is 7. The summed E-state index contributed by atoms with van der Waals surface area (Å²) in [5.74, 6) is 0.924. The molecule has 0 saturated carbocycles. The molecule has 1 aromatic rings. The summed E-state index contributed by atoms with van der Waals surface area (Å²) in [7, 11) is 0. The van der Waals surface area contributed by atoms with E-state index in [9.17, 15) is 9.59 Å². The van der Waals surface area contributed by atoms with Crippen molar-refractivity contribution in [3.63, 3.8) is 0 Å². The Morgan fingerprint density at radius 1 is 1.11 bits per heavy atom. The maximum Gasteiger partial charge on any atom is 0.234 e. The second kappa shape index (κ2) is 8.58. The average Bonchev–Trinajstić information content (AvgIpc) is 2.37. The molecule has 2 N–H and O–H groups in total. The van der Waals surface area contributed by atoms with Crippen LogP contribution in [0, 0.1) is 5.92 Å². The Hall–Kier alpha value is -1.49. The molecule has 5 heteroatoms. The fourth-order valence-electron chi connectivity index (χ4n) is 1.32. The van der Waals surface area contributed by atoms with Gasteiger partial charge in [0.2, 0.25) is 11.8 Å². The molecule has 0 saturated heterocycles. The van der Waals surface area contributed by atoms with Gasteiger partial charge >= 0.3 is 0 Å². The quantitative estimate of drug-likeness (QED) is 0.804. The van der Waals surface area contributed by atoms with Gasteiger partial charge in [-0.25, -0.2) is 0 Å². The zero-order chi connectivity index (χ0) is 14.1. The molecule has 104 valence electrons. The van der Waals surface area contributed by atoms with Gasteiger partial charge < -0.3 is 10.6 Å². The zero-order valence-corrected chi connectivity index (χ0v) is 12.1. The number of hydrogen-bond acceptors (Lipinski definition) is 3. The molecule has 0 atom stereocenters. The predicted octanol–water partition coefficient (Wildman–Crippen LogP) is 2.13. The van der Waals surface area contributed by atoms with E-state index in [-0.39, 0.29) is 17.6 Å². The third kappa shape index (κ3) is 7.51. The molecular formula is C14H20N2O2S. The van der Waals surface area contributed by atoms with Gasteiger partial charge in [0.05, 0.1) is 11.5 Å². The van der Waals surface area contributed by atoms with Crippen LogP contribution in [0.4, 0.5) is 5.69 Å². The van der Waals surface area contributed by atoms with Gasteiger partial charge in [-0.3, -0.25) is 9.59 Å². The number of nitrogens with one attached hydrogen (secondary N) is 2. The lowest BCUT2D eigenvalue weighted by Crippen LogP contribution is -2.29. The van der Waals surface area contributed by atoms with E-state index in [2.05, 4.69) is 10.6 Å². The Bertz CT molecular complexity index is 407. The molecule has 0 unspecified atom stereocenters. The maximum atomic E-state index is 11.6. The second-order valence-corrected chi connectivity index (χ2v) is 5.59. The van der Waals surface area contributed by atoms with Crippen LogP contribution in [0.15, 0.2) is 30.3 Å². The van der Waals surface area contributed by atoms with E-state index in [1.165, 1.54) is 11.8 Å². The Labute approximate surface area is 118 Å². The molecule has 0 spiro atoms. The third-order valence-corrected chi connectivity index (χ3v) is 3.16. The molecule has 1 rings (SSSR count). The Kier molecular flexibility index (Phi) is 7.03. The number of carbonyl (C=O) groups is 2. The third-order valence-electron chi connectivity index (χ3n) is 2.23. The molecule has 0 bridgehead atoms. The molecule has 0 aliphatic carbocycles. The monoisotopic (exact) mass is 280 g/mol. The fraction of sp³-hybridized carbons (Fsp3) is 0.429. The van der Waals surface area contributed by atoms with Gasteiger partial charge in [0, 0.05) is 12.2 Å². The van der Waals surface area contributed by atoms with Gasteiger partial charge in [-0.15, -0.1) is 11.8 Å². The highest BCUT2D eigenvalue weighted by molar-refractivity contribution is 8.00. The smallest absolute Gasteiger partial charge is 0.234 e. The topological polar surface area (TPSA) is 58.2 Å². The molecular weight excluding hydrogens is 260 g/mol. The first-order valence-corrected chi connectivity index (χ1v) is 7.42. The van der Waals surface area contributed by atoms with Crippen molar-refractivity contribution < 1.29 is 9.59 Å². The molecule has 1 aromatic carbocycles. The summed E-state index contributed by atoms with van der Waals surface area (Å²) >= 11 is 1.32. The average molecular weight is 280 g/mol. The molecule has 0 fully saturated rings. The van der Waals surface area contributed by atoms with Gasteiger partial charge in [0.15, 0.2) is 0 Å². The molecule has 0 heterocycles. The number of hydrogen-bond donors (Lipinski definition) is 2. The Morgan fingerprint density at radius 2 is 1.74 bits per heavy atom. The van der Waals surface area contributed by atoms with Gasteiger partial charge in [-0.1, -0.05) is 32.0 Å². The lowest BCUT2D eigenvalue weighted by molar-refractivity contribution is -0.118. The van der Waals surface area contributed by atoms with Crippen molar-refractivity contribution in [3.8, 4) is 0 Å². The molecule has 0 aliphatic rings. The van der Waals surface area contributed by atoms with Crippen LogP contribution in [0.3, 0.4) is 0 Å². The van der Waals surface area contributed by atoms with Crippen molar-refractivity contribution in [1.29, 1.82) is 0 Å². The first kappa shape index (κ1) is 15.6. The predicted molar refractivity (Wildman–Crippen MR) is 80.2 cm³/mol. The number of amides is 2. The normalized spacial score (nSPS) is 10.3. The van der Waals surface area contributed by atoms with E-state index in [4.69, 9.17) is 0 Å². The number of anilines is 1. The van der Waals surface area contributed by atoms with Crippen LogP contribution in [0.25, 0.3) is 0 Å². The minimum Gasteiger partial charge on any atom is -0.355 e. The second-order valence-electron chi connectivity index (χ2n) is 4.60. The minimum absolute atomic E-state index is 0.0220. The van der Waals surface area contributed by atoms with E-state index in [0.717, 1.165) is 5.69 Å². The fourth-order valence-corrected chi connectivity index (χ4v) is 1.97. The van der Waals surface area contributed by atoms with Crippen LogP contribution < -0.4 is 10.6 Å². The van der Waals surface area contributed by atoms with Gasteiger partial charge in [-0.05, 0) is 18.1 Å². The lowest BCUT2D eigenvalue weighted by Gasteiger charge is -2.07. The van der Waals surface area contributed by atoms with E-state index in [0.29, 0.717) is 18.2 Å². The van der Waals surface area contributed by atoms with Crippen molar-refractivity contribution in [2.24, 2.45) is 5.92 Å². The molecule has 0 radical (unpaired) electrons. The highest BCUT2D eigenvalue weighted by Gasteiger charge is 2.06. The van der Waals surface area contributed by atoms with Crippen LogP contribution in [-0.2, 0) is 9.59 Å². The zero-order valence-electron chi connectivity index (χ0n) is 11.3. The summed E-state index contributed by atoms with van der Waals surface area (Å²) < 4.78 is 0. The number of carbonyl (C=O) groups excluding carboxylic acids is 2. The van der Waals surface area contributed by atoms with Crippen molar-refractivity contribution in [3.05, 3.63) is 30.3 Å². The van der Waals surface area contributed by atoms with Crippen LogP contribution in [0.2, 0.25) is 0 Å². The summed E-state index contributed by atoms with van der Waals surface area (Å²) in [5.41, 5.74) is 0.775. The summed E-state index contributed by atoms with van der Waals surface area (Å²) in [4.78, 5) is 23.0. The number of thioether (sulfide) groups is 1. The minimum atomic E-state index is -0.0899. The van der Waals surface area contributed by atoms with Crippen LogP contribution >= 0.6 is 11.8 Å². The van der Waals surface area contributed by atoms with Crippen molar-refractivity contribution in [1.82, 2.24) is 5.32 Å². The van der Waals surface area contributed by atoms with E-state index in [1.54, 1.807) is 0 Å². The molecule has 19 heavy (non-hydrogen) atoms. The van der Waals surface area contributed by atoms with Crippen molar-refractivity contribution in [2.75, 3.05) is 23.4 Å². The summed E-state index contributed by atoms with van der Waals surface area (Å²) in [5, 5.41) is 5.59. The lowest BCUT2D eigenvalue weighted by atomic mass is 10.2. The van der Waals surface area contributed by atoms with Gasteiger partial charge in [0.25, 0.3) is 0 Å². The standard InChI is InChI=1S/C14H20N2O2S/c1-11(2)8-15-13(17)9-19-10-14(18)16-12-6-4-3-5-7-12/h3-7,11H,8-10H2,1-2H3,(H,15,17)(H,16,18). The number of benzene rings is 1. The van der Waals surface area contributed by atoms with Crippen molar-refractivity contribution >= 4 is 29.3 Å². The molecule has 0 aliphatic heterocycles. The molecule has 4 nitrogen and oxygen atoms in total. The summed E-state index contributed by atoms with van der Waals surface area (Å²) in [6.45, 7) is 4.76.